The van der Waals surface area contributed by atoms with Gasteiger partial charge in [-0.3, -0.25) is 19.7 Å². The van der Waals surface area contributed by atoms with Crippen molar-refractivity contribution in [1.82, 2.24) is 34.3 Å². The van der Waals surface area contributed by atoms with Crippen LogP contribution in [0.4, 0.5) is 22.4 Å². The Morgan fingerprint density at radius 1 is 1.09 bits per heavy atom. The molecule has 0 saturated carbocycles. The first-order chi connectivity index (χ1) is 26.6. The van der Waals surface area contributed by atoms with Crippen molar-refractivity contribution >= 4 is 57.6 Å². The molecule has 3 saturated heterocycles. The van der Waals surface area contributed by atoms with E-state index in [0.717, 1.165) is 73.1 Å². The number of aryl methyl sites for hydroxylation is 1. The van der Waals surface area contributed by atoms with Gasteiger partial charge in [0, 0.05) is 70.5 Å². The number of nitriles is 1. The van der Waals surface area contributed by atoms with Gasteiger partial charge in [0.2, 0.25) is 11.9 Å². The summed E-state index contributed by atoms with van der Waals surface area (Å²) in [5, 5.41) is 31.8. The van der Waals surface area contributed by atoms with E-state index in [1.165, 1.54) is 11.8 Å². The fourth-order valence-corrected chi connectivity index (χ4v) is 9.29. The van der Waals surface area contributed by atoms with E-state index in [2.05, 4.69) is 67.1 Å². The molecule has 55 heavy (non-hydrogen) atoms. The molecule has 0 aliphatic carbocycles. The van der Waals surface area contributed by atoms with Gasteiger partial charge in [-0.05, 0) is 98.5 Å². The Kier molecular flexibility index (Phi) is 11.5. The van der Waals surface area contributed by atoms with Crippen LogP contribution >= 0.6 is 0 Å². The normalized spacial score (nSPS) is 18.8. The molecule has 2 atom stereocenters. The molecule has 0 bridgehead atoms. The number of carbonyl (C=O) groups is 2. The molecule has 4 aromatic rings. The molecular formula is C39H48N12O3S. The highest BCUT2D eigenvalue weighted by molar-refractivity contribution is 7.82. The molecule has 3 amide bonds. The van der Waals surface area contributed by atoms with E-state index in [4.69, 9.17) is 5.41 Å². The Balaban J connectivity index is 0.915. The highest BCUT2D eigenvalue weighted by atomic mass is 32.2. The lowest BCUT2D eigenvalue weighted by molar-refractivity contribution is -0.120. The summed E-state index contributed by atoms with van der Waals surface area (Å²) < 4.78 is 17.6. The second kappa shape index (κ2) is 16.6. The smallest absolute Gasteiger partial charge is 0.329 e. The fraction of sp³-hybridized carbons (Fsp3) is 0.462. The number of likely N-dealkylation sites (tertiary alicyclic amines) is 1. The van der Waals surface area contributed by atoms with E-state index >= 15 is 0 Å². The van der Waals surface area contributed by atoms with Crippen molar-refractivity contribution in [3.8, 4) is 6.07 Å². The SMILES string of the molecule is CNc1nc(NC2CCN(S(=O)c3ccc(C#N)c(CC(C)CN4CCC(c5ccc6c(N7CCC(=O)NC7=O)nn(C)c6c5)CC4)c3)CC2)ncc1C=N. The third kappa shape index (κ3) is 8.38. The van der Waals surface area contributed by atoms with Crippen molar-refractivity contribution in [3.63, 3.8) is 0 Å². The average molecular weight is 765 g/mol. The molecule has 2 aromatic carbocycles. The summed E-state index contributed by atoms with van der Waals surface area (Å²) in [5.41, 5.74) is 4.43. The number of rotatable bonds is 12. The molecule has 15 nitrogen and oxygen atoms in total. The summed E-state index contributed by atoms with van der Waals surface area (Å²) in [7, 11) is 2.32. The monoisotopic (exact) mass is 764 g/mol. The van der Waals surface area contributed by atoms with Crippen molar-refractivity contribution in [3.05, 3.63) is 64.8 Å². The summed E-state index contributed by atoms with van der Waals surface area (Å²) in [4.78, 5) is 37.8. The van der Waals surface area contributed by atoms with Gasteiger partial charge in [0.05, 0.1) is 27.6 Å². The highest BCUT2D eigenvalue weighted by Crippen LogP contribution is 2.34. The van der Waals surface area contributed by atoms with Crippen LogP contribution < -0.4 is 20.9 Å². The van der Waals surface area contributed by atoms with Crippen LogP contribution in [0.2, 0.25) is 0 Å². The number of amides is 3. The maximum absolute atomic E-state index is 13.7. The number of urea groups is 1. The molecule has 0 spiro atoms. The number of imide groups is 1. The number of piperidine rings is 2. The Hall–Kier alpha value is -5.24. The third-order valence-corrected chi connectivity index (χ3v) is 12.5. The molecule has 16 heteroatoms. The molecule has 3 aliphatic rings. The maximum atomic E-state index is 13.7. The molecule has 2 unspecified atom stereocenters. The number of anilines is 3. The summed E-state index contributed by atoms with van der Waals surface area (Å²) in [6, 6.07) is 14.1. The Morgan fingerprint density at radius 2 is 1.87 bits per heavy atom. The van der Waals surface area contributed by atoms with Crippen LogP contribution in [0.1, 0.15) is 67.2 Å². The van der Waals surface area contributed by atoms with Gasteiger partial charge in [-0.15, -0.1) is 0 Å². The number of hydrogen-bond acceptors (Lipinski definition) is 11. The summed E-state index contributed by atoms with van der Waals surface area (Å²) in [5.74, 6) is 2.14. The molecule has 5 heterocycles. The molecule has 7 rings (SSSR count). The van der Waals surface area contributed by atoms with Gasteiger partial charge in [-0.25, -0.2) is 18.3 Å². The lowest BCUT2D eigenvalue weighted by atomic mass is 9.88. The van der Waals surface area contributed by atoms with Gasteiger partial charge >= 0.3 is 6.03 Å². The quantitative estimate of drug-likeness (QED) is 0.151. The van der Waals surface area contributed by atoms with Crippen LogP contribution in [0.3, 0.4) is 0 Å². The minimum absolute atomic E-state index is 0.148. The van der Waals surface area contributed by atoms with Gasteiger partial charge in [0.25, 0.3) is 0 Å². The number of carbonyl (C=O) groups excluding carboxylic acids is 2. The van der Waals surface area contributed by atoms with Gasteiger partial charge in [-0.2, -0.15) is 15.3 Å². The molecule has 3 fully saturated rings. The van der Waals surface area contributed by atoms with Crippen molar-refractivity contribution in [2.24, 2.45) is 13.0 Å². The topological polar surface area (TPSA) is 188 Å². The number of aromatic nitrogens is 4. The predicted molar refractivity (Wildman–Crippen MR) is 213 cm³/mol. The van der Waals surface area contributed by atoms with Crippen LogP contribution in [-0.4, -0.2) is 104 Å². The molecular weight excluding hydrogens is 717 g/mol. The Bertz CT molecular complexity index is 2150. The van der Waals surface area contributed by atoms with Gasteiger partial charge in [-0.1, -0.05) is 13.0 Å². The number of nitrogens with zero attached hydrogens (tertiary/aromatic N) is 8. The van der Waals surface area contributed by atoms with Crippen molar-refractivity contribution in [1.29, 1.82) is 10.7 Å². The van der Waals surface area contributed by atoms with Gasteiger partial charge < -0.3 is 20.9 Å². The minimum Gasteiger partial charge on any atom is -0.372 e. The number of benzene rings is 2. The average Bonchev–Trinajstić information content (AvgIpc) is 3.52. The second-order valence-corrected chi connectivity index (χ2v) is 16.3. The van der Waals surface area contributed by atoms with Gasteiger partial charge in [0.15, 0.2) is 5.82 Å². The molecule has 0 radical (unpaired) electrons. The van der Waals surface area contributed by atoms with Crippen molar-refractivity contribution in [2.45, 2.75) is 62.3 Å². The minimum atomic E-state index is -1.34. The first-order valence-electron chi connectivity index (χ1n) is 19.0. The van der Waals surface area contributed by atoms with E-state index in [9.17, 15) is 19.1 Å². The summed E-state index contributed by atoms with van der Waals surface area (Å²) >= 11 is 0. The van der Waals surface area contributed by atoms with E-state index in [1.54, 1.807) is 18.1 Å². The van der Waals surface area contributed by atoms with Crippen LogP contribution in [0.25, 0.3) is 10.9 Å². The lowest BCUT2D eigenvalue weighted by Crippen LogP contribution is -2.49. The predicted octanol–water partition coefficient (Wildman–Crippen LogP) is 4.38. The molecule has 3 aliphatic heterocycles. The zero-order valence-corrected chi connectivity index (χ0v) is 32.4. The maximum Gasteiger partial charge on any atom is 0.329 e. The Labute approximate surface area is 323 Å². The van der Waals surface area contributed by atoms with E-state index < -0.39 is 17.0 Å². The van der Waals surface area contributed by atoms with Crippen molar-refractivity contribution in [2.75, 3.05) is 61.8 Å². The standard InChI is InChI=1S/C39H48N12O3S/c1-25(24-49-13-8-26(9-14-49)27-5-7-33-34(20-27)48(3)47-37(33)51-17-12-35(52)45-39(51)53)18-29-19-32(6-4-28(29)21-40)55(54)50-15-10-31(11-16-50)44-38-43-23-30(22-41)36(42-2)46-38/h4-7,19-20,22-23,25-26,31,41H,8-18,24H2,1-3H3,(H,45,52,53)(H2,42,43,44,46). The fourth-order valence-electron chi connectivity index (χ4n) is 8.03. The highest BCUT2D eigenvalue weighted by Gasteiger charge is 2.30. The second-order valence-electron chi connectivity index (χ2n) is 14.8. The molecule has 288 valence electrons. The zero-order valence-electron chi connectivity index (χ0n) is 31.5. The van der Waals surface area contributed by atoms with Crippen LogP contribution in [-0.2, 0) is 29.2 Å². The lowest BCUT2D eigenvalue weighted by Gasteiger charge is -2.34. The first kappa shape index (κ1) is 38.1. The molecule has 4 N–H and O–H groups in total. The van der Waals surface area contributed by atoms with Gasteiger partial charge in [0.1, 0.15) is 16.8 Å². The van der Waals surface area contributed by atoms with Crippen LogP contribution in [0.15, 0.2) is 47.5 Å². The summed E-state index contributed by atoms with van der Waals surface area (Å²) in [6.07, 6.45) is 7.47. The van der Waals surface area contributed by atoms with Crippen LogP contribution in [0, 0.1) is 22.7 Å². The third-order valence-electron chi connectivity index (χ3n) is 11.0. The summed E-state index contributed by atoms with van der Waals surface area (Å²) in [6.45, 7) is 6.72. The van der Waals surface area contributed by atoms with E-state index in [0.29, 0.717) is 60.2 Å². The largest absolute Gasteiger partial charge is 0.372 e. The van der Waals surface area contributed by atoms with E-state index in [-0.39, 0.29) is 18.4 Å². The molecule has 2 aromatic heterocycles. The zero-order chi connectivity index (χ0) is 38.6. The van der Waals surface area contributed by atoms with E-state index in [1.807, 2.05) is 34.2 Å². The first-order valence-corrected chi connectivity index (χ1v) is 20.1. The Morgan fingerprint density at radius 3 is 2.58 bits per heavy atom. The number of nitrogens with one attached hydrogen (secondary N) is 4. The number of fused-ring (bicyclic) bond motifs is 1. The van der Waals surface area contributed by atoms with Crippen LogP contribution in [0.5, 0.6) is 0 Å². The van der Waals surface area contributed by atoms with Crippen molar-refractivity contribution < 1.29 is 13.8 Å². The number of hydrogen-bond donors (Lipinski definition) is 4.